The van der Waals surface area contributed by atoms with E-state index in [2.05, 4.69) is 29.8 Å². The lowest BCUT2D eigenvalue weighted by molar-refractivity contribution is 0.563. The number of hydrogen-bond acceptors (Lipinski definition) is 3. The van der Waals surface area contributed by atoms with Crippen LogP contribution in [-0.4, -0.2) is 20.3 Å². The van der Waals surface area contributed by atoms with Crippen LogP contribution in [-0.2, 0) is 0 Å². The molecule has 0 unspecified atom stereocenters. The molecule has 0 bridgehead atoms. The molecule has 2 rings (SSSR count). The molecular weight excluding hydrogens is 212 g/mol. The van der Waals surface area contributed by atoms with Gasteiger partial charge in [-0.2, -0.15) is 0 Å². The molecule has 0 saturated heterocycles. The van der Waals surface area contributed by atoms with Gasteiger partial charge in [-0.1, -0.05) is 39.0 Å². The number of rotatable bonds is 7. The monoisotopic (exact) mass is 236 g/mol. The maximum absolute atomic E-state index is 5.46. The maximum Gasteiger partial charge on any atom is 0.220 e. The van der Waals surface area contributed by atoms with Gasteiger partial charge in [-0.25, -0.2) is 0 Å². The highest BCUT2D eigenvalue weighted by Crippen LogP contribution is 2.35. The van der Waals surface area contributed by atoms with Crippen molar-refractivity contribution in [2.45, 2.75) is 45.4 Å². The highest BCUT2D eigenvalue weighted by molar-refractivity contribution is 5.70. The summed E-state index contributed by atoms with van der Waals surface area (Å²) < 4.78 is 5.46. The molecule has 0 N–H and O–H groups in total. The van der Waals surface area contributed by atoms with Gasteiger partial charge in [0.25, 0.3) is 0 Å². The fraction of sp³-hybridized carbons (Fsp3) is 0.714. The van der Waals surface area contributed by atoms with E-state index in [9.17, 15) is 0 Å². The number of anilines is 2. The average molecular weight is 236 g/mol. The Labute approximate surface area is 104 Å². The standard InChI is InChI=1S/C14H24N2O/c1-3-4-5-6-7-8-10-16-12-15(2)14-13(16)9-11-17-14/h9,11H,3-8,10,12H2,1-2H3. The number of furan rings is 1. The molecule has 0 saturated carbocycles. The summed E-state index contributed by atoms with van der Waals surface area (Å²) in [7, 11) is 2.09. The lowest BCUT2D eigenvalue weighted by Gasteiger charge is -2.18. The zero-order valence-electron chi connectivity index (χ0n) is 11.1. The Hall–Kier alpha value is -1.12. The van der Waals surface area contributed by atoms with Crippen LogP contribution in [0.15, 0.2) is 16.7 Å². The molecule has 17 heavy (non-hydrogen) atoms. The molecule has 0 fully saturated rings. The van der Waals surface area contributed by atoms with Crippen LogP contribution in [0.5, 0.6) is 0 Å². The second kappa shape index (κ2) is 5.99. The van der Waals surface area contributed by atoms with Gasteiger partial charge >= 0.3 is 0 Å². The summed E-state index contributed by atoms with van der Waals surface area (Å²) in [6.45, 7) is 4.40. The van der Waals surface area contributed by atoms with E-state index in [-0.39, 0.29) is 0 Å². The Balaban J connectivity index is 1.68. The molecule has 0 atom stereocenters. The van der Waals surface area contributed by atoms with Gasteiger partial charge in [0.15, 0.2) is 0 Å². The van der Waals surface area contributed by atoms with Gasteiger partial charge in [0.2, 0.25) is 5.88 Å². The van der Waals surface area contributed by atoms with Crippen molar-refractivity contribution in [2.75, 3.05) is 30.1 Å². The van der Waals surface area contributed by atoms with Crippen molar-refractivity contribution in [3.8, 4) is 0 Å². The molecule has 3 heteroatoms. The number of nitrogens with zero attached hydrogens (tertiary/aromatic N) is 2. The summed E-state index contributed by atoms with van der Waals surface area (Å²) >= 11 is 0. The summed E-state index contributed by atoms with van der Waals surface area (Å²) in [5.41, 5.74) is 1.26. The van der Waals surface area contributed by atoms with Crippen molar-refractivity contribution < 1.29 is 4.42 Å². The average Bonchev–Trinajstić information content (AvgIpc) is 2.89. The largest absolute Gasteiger partial charge is 0.447 e. The third-order valence-corrected chi connectivity index (χ3v) is 3.48. The van der Waals surface area contributed by atoms with Gasteiger partial charge in [0.05, 0.1) is 12.9 Å². The third-order valence-electron chi connectivity index (χ3n) is 3.48. The summed E-state index contributed by atoms with van der Waals surface area (Å²) in [4.78, 5) is 4.59. The molecule has 3 nitrogen and oxygen atoms in total. The molecule has 1 aliphatic rings. The van der Waals surface area contributed by atoms with E-state index in [4.69, 9.17) is 4.42 Å². The molecular formula is C14H24N2O. The van der Waals surface area contributed by atoms with E-state index >= 15 is 0 Å². The summed E-state index contributed by atoms with van der Waals surface area (Å²) in [6, 6.07) is 2.08. The molecule has 0 amide bonds. The minimum absolute atomic E-state index is 0.976. The van der Waals surface area contributed by atoms with E-state index < -0.39 is 0 Å². The lowest BCUT2D eigenvalue weighted by Crippen LogP contribution is -2.29. The molecule has 0 radical (unpaired) electrons. The first-order valence-corrected chi connectivity index (χ1v) is 6.86. The van der Waals surface area contributed by atoms with Gasteiger partial charge in [0, 0.05) is 19.7 Å². The molecule has 1 aliphatic heterocycles. The van der Waals surface area contributed by atoms with E-state index in [1.165, 1.54) is 44.2 Å². The Kier molecular flexibility index (Phi) is 4.35. The molecule has 1 aromatic heterocycles. The van der Waals surface area contributed by atoms with Gasteiger partial charge in [-0.05, 0) is 6.42 Å². The van der Waals surface area contributed by atoms with Crippen LogP contribution in [0.3, 0.4) is 0 Å². The Morgan fingerprint density at radius 2 is 1.94 bits per heavy atom. The van der Waals surface area contributed by atoms with E-state index in [0.717, 1.165) is 19.1 Å². The molecule has 1 aromatic rings. The smallest absolute Gasteiger partial charge is 0.220 e. The zero-order valence-corrected chi connectivity index (χ0v) is 11.1. The first kappa shape index (κ1) is 12.3. The van der Waals surface area contributed by atoms with Crippen molar-refractivity contribution in [2.24, 2.45) is 0 Å². The first-order chi connectivity index (χ1) is 8.33. The maximum atomic E-state index is 5.46. The summed E-state index contributed by atoms with van der Waals surface area (Å²) in [5, 5.41) is 0. The van der Waals surface area contributed by atoms with Crippen LogP contribution in [0.1, 0.15) is 45.4 Å². The second-order valence-electron chi connectivity index (χ2n) is 4.98. The van der Waals surface area contributed by atoms with E-state index in [1.54, 1.807) is 6.26 Å². The minimum atomic E-state index is 0.976. The molecule has 0 aliphatic carbocycles. The third kappa shape index (κ3) is 2.96. The van der Waals surface area contributed by atoms with Gasteiger partial charge in [-0.3, -0.25) is 0 Å². The van der Waals surface area contributed by atoms with E-state index in [1.807, 2.05) is 0 Å². The lowest BCUT2D eigenvalue weighted by atomic mass is 10.1. The number of unbranched alkanes of at least 4 members (excludes halogenated alkanes) is 5. The fourth-order valence-corrected chi connectivity index (χ4v) is 2.49. The Bertz CT molecular complexity index is 335. The summed E-state index contributed by atoms with van der Waals surface area (Å²) in [5.74, 6) is 1.02. The molecule has 2 heterocycles. The van der Waals surface area contributed by atoms with Crippen molar-refractivity contribution in [3.05, 3.63) is 12.3 Å². The van der Waals surface area contributed by atoms with Crippen LogP contribution in [0.25, 0.3) is 0 Å². The molecule has 0 spiro atoms. The van der Waals surface area contributed by atoms with Crippen LogP contribution < -0.4 is 9.80 Å². The normalized spacial score (nSPS) is 14.5. The highest BCUT2D eigenvalue weighted by Gasteiger charge is 2.25. The fourth-order valence-electron chi connectivity index (χ4n) is 2.49. The predicted octanol–water partition coefficient (Wildman–Crippen LogP) is 3.85. The summed E-state index contributed by atoms with van der Waals surface area (Å²) in [6.07, 6.45) is 9.93. The Morgan fingerprint density at radius 1 is 1.18 bits per heavy atom. The first-order valence-electron chi connectivity index (χ1n) is 6.86. The predicted molar refractivity (Wildman–Crippen MR) is 72.7 cm³/mol. The van der Waals surface area contributed by atoms with Crippen LogP contribution in [0.2, 0.25) is 0 Å². The van der Waals surface area contributed by atoms with E-state index in [0.29, 0.717) is 0 Å². The quantitative estimate of drug-likeness (QED) is 0.670. The Morgan fingerprint density at radius 3 is 2.76 bits per heavy atom. The highest BCUT2D eigenvalue weighted by atomic mass is 16.3. The number of fused-ring (bicyclic) bond motifs is 1. The molecule has 0 aromatic carbocycles. The molecule has 96 valence electrons. The minimum Gasteiger partial charge on any atom is -0.447 e. The van der Waals surface area contributed by atoms with Crippen LogP contribution in [0.4, 0.5) is 11.6 Å². The van der Waals surface area contributed by atoms with Crippen molar-refractivity contribution >= 4 is 11.6 Å². The number of hydrogen-bond donors (Lipinski definition) is 0. The second-order valence-corrected chi connectivity index (χ2v) is 4.98. The van der Waals surface area contributed by atoms with Gasteiger partial charge in [-0.15, -0.1) is 0 Å². The van der Waals surface area contributed by atoms with Crippen molar-refractivity contribution in [3.63, 3.8) is 0 Å². The SMILES string of the molecule is CCCCCCCCN1CN(C)c2occc21. The van der Waals surface area contributed by atoms with Gasteiger partial charge < -0.3 is 14.2 Å². The van der Waals surface area contributed by atoms with Crippen LogP contribution >= 0.6 is 0 Å². The van der Waals surface area contributed by atoms with Gasteiger partial charge in [0.1, 0.15) is 5.69 Å². The van der Waals surface area contributed by atoms with Crippen LogP contribution in [0, 0.1) is 0 Å². The van der Waals surface area contributed by atoms with Crippen molar-refractivity contribution in [1.82, 2.24) is 0 Å². The zero-order chi connectivity index (χ0) is 12.1. The van der Waals surface area contributed by atoms with Crippen molar-refractivity contribution in [1.29, 1.82) is 0 Å². The topological polar surface area (TPSA) is 19.6 Å².